The summed E-state index contributed by atoms with van der Waals surface area (Å²) >= 11 is 0. The van der Waals surface area contributed by atoms with Gasteiger partial charge >= 0.3 is 5.97 Å². The van der Waals surface area contributed by atoms with E-state index < -0.39 is 28.7 Å². The molecule has 0 unspecified atom stereocenters. The van der Waals surface area contributed by atoms with E-state index in [9.17, 15) is 14.4 Å². The Kier molecular flexibility index (Phi) is 9.42. The number of benzene rings is 1. The Balaban J connectivity index is 2.44. The standard InChI is InChI=1S/C26H38O5/c1-5-9-17-25(16-8-4,18-10-6-2)31-24(29)26(30-19-11-7-3)22(27)20-14-12-13-15-21(20)23(26)28/h12-15H,5-11,16-19H2,1-4H3. The maximum absolute atomic E-state index is 13.7. The number of hydrogen-bond donors (Lipinski definition) is 0. The van der Waals surface area contributed by atoms with Gasteiger partial charge in [-0.25, -0.2) is 4.79 Å². The summed E-state index contributed by atoms with van der Waals surface area (Å²) in [5, 5.41) is 0. The quantitative estimate of drug-likeness (QED) is 0.203. The van der Waals surface area contributed by atoms with Gasteiger partial charge in [0.25, 0.3) is 5.60 Å². The van der Waals surface area contributed by atoms with Crippen LogP contribution in [-0.4, -0.2) is 35.3 Å². The van der Waals surface area contributed by atoms with Crippen LogP contribution in [0.1, 0.15) is 113 Å². The molecule has 5 nitrogen and oxygen atoms in total. The lowest BCUT2D eigenvalue weighted by Crippen LogP contribution is -2.55. The fraction of sp³-hybridized carbons (Fsp3) is 0.654. The van der Waals surface area contributed by atoms with E-state index in [4.69, 9.17) is 9.47 Å². The Morgan fingerprint density at radius 2 is 1.32 bits per heavy atom. The molecule has 5 heteroatoms. The molecule has 1 aromatic rings. The molecule has 0 spiro atoms. The maximum atomic E-state index is 13.7. The molecule has 0 atom stereocenters. The van der Waals surface area contributed by atoms with Gasteiger partial charge in [0, 0.05) is 17.7 Å². The lowest BCUT2D eigenvalue weighted by atomic mass is 9.85. The highest BCUT2D eigenvalue weighted by molar-refractivity contribution is 6.41. The molecule has 0 heterocycles. The lowest BCUT2D eigenvalue weighted by molar-refractivity contribution is -0.179. The number of carbonyl (C=O) groups excluding carboxylic acids is 3. The number of fused-ring (bicyclic) bond motifs is 1. The third-order valence-corrected chi connectivity index (χ3v) is 6.15. The summed E-state index contributed by atoms with van der Waals surface area (Å²) in [6, 6.07) is 6.56. The van der Waals surface area contributed by atoms with E-state index in [-0.39, 0.29) is 17.7 Å². The van der Waals surface area contributed by atoms with Gasteiger partial charge in [-0.05, 0) is 38.5 Å². The van der Waals surface area contributed by atoms with Crippen molar-refractivity contribution < 1.29 is 23.9 Å². The average molecular weight is 431 g/mol. The van der Waals surface area contributed by atoms with Crippen LogP contribution in [0.2, 0.25) is 0 Å². The fourth-order valence-corrected chi connectivity index (χ4v) is 4.36. The Morgan fingerprint density at radius 1 is 0.806 bits per heavy atom. The Hall–Kier alpha value is -2.01. The number of carbonyl (C=O) groups is 3. The second-order valence-electron chi connectivity index (χ2n) is 8.62. The number of rotatable bonds is 14. The second kappa shape index (κ2) is 11.6. The Bertz CT molecular complexity index is 724. The summed E-state index contributed by atoms with van der Waals surface area (Å²) in [6.45, 7) is 8.42. The van der Waals surface area contributed by atoms with Gasteiger partial charge < -0.3 is 9.47 Å². The minimum atomic E-state index is -2.21. The SMILES string of the molecule is CCCCOC1(C(=O)OC(CCC)(CCCC)CCCC)C(=O)c2ccccc2C1=O. The molecule has 31 heavy (non-hydrogen) atoms. The van der Waals surface area contributed by atoms with E-state index >= 15 is 0 Å². The van der Waals surface area contributed by atoms with Crippen molar-refractivity contribution in [1.82, 2.24) is 0 Å². The lowest BCUT2D eigenvalue weighted by Gasteiger charge is -2.37. The first kappa shape index (κ1) is 25.3. The van der Waals surface area contributed by atoms with Crippen molar-refractivity contribution in [3.05, 3.63) is 35.4 Å². The zero-order chi connectivity index (χ0) is 22.9. The predicted octanol–water partition coefficient (Wildman–Crippen LogP) is 6.08. The first-order valence-electron chi connectivity index (χ1n) is 12.0. The number of ketones is 2. The van der Waals surface area contributed by atoms with Crippen LogP contribution in [-0.2, 0) is 14.3 Å². The topological polar surface area (TPSA) is 69.7 Å². The predicted molar refractivity (Wildman–Crippen MR) is 121 cm³/mol. The molecule has 0 N–H and O–H groups in total. The summed E-state index contributed by atoms with van der Waals surface area (Å²) < 4.78 is 12.0. The monoisotopic (exact) mass is 430 g/mol. The first-order chi connectivity index (χ1) is 14.9. The van der Waals surface area contributed by atoms with Crippen molar-refractivity contribution in [3.8, 4) is 0 Å². The first-order valence-corrected chi connectivity index (χ1v) is 12.0. The molecule has 0 saturated carbocycles. The zero-order valence-corrected chi connectivity index (χ0v) is 19.6. The molecule has 0 radical (unpaired) electrons. The van der Waals surface area contributed by atoms with Crippen molar-refractivity contribution in [2.45, 2.75) is 103 Å². The highest BCUT2D eigenvalue weighted by Crippen LogP contribution is 2.38. The molecule has 0 bridgehead atoms. The molecule has 2 rings (SSSR count). The van der Waals surface area contributed by atoms with Crippen molar-refractivity contribution in [2.75, 3.05) is 6.61 Å². The molecular formula is C26H38O5. The largest absolute Gasteiger partial charge is 0.456 e. The van der Waals surface area contributed by atoms with E-state index in [0.29, 0.717) is 12.8 Å². The van der Waals surface area contributed by atoms with Crippen molar-refractivity contribution in [2.24, 2.45) is 0 Å². The normalized spacial score (nSPS) is 15.2. The molecule has 172 valence electrons. The van der Waals surface area contributed by atoms with Crippen LogP contribution < -0.4 is 0 Å². The summed E-state index contributed by atoms with van der Waals surface area (Å²) in [6.07, 6.45) is 8.29. The van der Waals surface area contributed by atoms with Crippen LogP contribution in [0.4, 0.5) is 0 Å². The smallest absolute Gasteiger partial charge is 0.355 e. The van der Waals surface area contributed by atoms with Gasteiger partial charge in [-0.2, -0.15) is 0 Å². The summed E-state index contributed by atoms with van der Waals surface area (Å²) in [5.74, 6) is -2.02. The third-order valence-electron chi connectivity index (χ3n) is 6.15. The van der Waals surface area contributed by atoms with E-state index in [2.05, 4.69) is 20.8 Å². The molecule has 0 amide bonds. The molecule has 1 aliphatic carbocycles. The second-order valence-corrected chi connectivity index (χ2v) is 8.62. The van der Waals surface area contributed by atoms with E-state index in [1.165, 1.54) is 0 Å². The Morgan fingerprint density at radius 3 is 1.77 bits per heavy atom. The number of Topliss-reactive ketones (excluding diaryl/α,β-unsaturated/α-hetero) is 2. The van der Waals surface area contributed by atoms with E-state index in [1.807, 2.05) is 6.92 Å². The molecule has 0 aliphatic heterocycles. The van der Waals surface area contributed by atoms with Crippen LogP contribution in [0, 0.1) is 0 Å². The van der Waals surface area contributed by atoms with Crippen molar-refractivity contribution in [3.63, 3.8) is 0 Å². The molecule has 1 aromatic carbocycles. The van der Waals surface area contributed by atoms with Gasteiger partial charge in [0.05, 0.1) is 0 Å². The van der Waals surface area contributed by atoms with Gasteiger partial charge in [0.2, 0.25) is 11.6 Å². The van der Waals surface area contributed by atoms with Gasteiger partial charge in [-0.15, -0.1) is 0 Å². The van der Waals surface area contributed by atoms with Crippen LogP contribution in [0.25, 0.3) is 0 Å². The average Bonchev–Trinajstić information content (AvgIpc) is 2.99. The van der Waals surface area contributed by atoms with E-state index in [1.54, 1.807) is 24.3 Å². The van der Waals surface area contributed by atoms with Crippen LogP contribution >= 0.6 is 0 Å². The Labute approximate surface area is 186 Å². The third kappa shape index (κ3) is 5.25. The maximum Gasteiger partial charge on any atom is 0.355 e. The van der Waals surface area contributed by atoms with E-state index in [0.717, 1.165) is 51.4 Å². The van der Waals surface area contributed by atoms with Crippen LogP contribution in [0.3, 0.4) is 0 Å². The number of hydrogen-bond acceptors (Lipinski definition) is 5. The highest BCUT2D eigenvalue weighted by Gasteiger charge is 2.62. The number of unbranched alkanes of at least 4 members (excludes halogenated alkanes) is 3. The number of ether oxygens (including phenoxy) is 2. The molecule has 0 fully saturated rings. The molecule has 0 aromatic heterocycles. The minimum Gasteiger partial charge on any atom is -0.456 e. The van der Waals surface area contributed by atoms with Gasteiger partial charge in [-0.3, -0.25) is 9.59 Å². The van der Waals surface area contributed by atoms with Gasteiger partial charge in [0.1, 0.15) is 5.60 Å². The van der Waals surface area contributed by atoms with Crippen LogP contribution in [0.15, 0.2) is 24.3 Å². The summed E-state index contributed by atoms with van der Waals surface area (Å²) in [7, 11) is 0. The molecule has 0 saturated heterocycles. The fourth-order valence-electron chi connectivity index (χ4n) is 4.36. The van der Waals surface area contributed by atoms with Crippen LogP contribution in [0.5, 0.6) is 0 Å². The zero-order valence-electron chi connectivity index (χ0n) is 19.6. The molecular weight excluding hydrogens is 392 g/mol. The van der Waals surface area contributed by atoms with Crippen molar-refractivity contribution >= 4 is 17.5 Å². The highest BCUT2D eigenvalue weighted by atomic mass is 16.6. The molecule has 1 aliphatic rings. The van der Waals surface area contributed by atoms with Gasteiger partial charge in [-0.1, -0.05) is 77.6 Å². The minimum absolute atomic E-state index is 0.155. The summed E-state index contributed by atoms with van der Waals surface area (Å²) in [5.41, 5.74) is -2.40. The summed E-state index contributed by atoms with van der Waals surface area (Å²) in [4.78, 5) is 40.5. The van der Waals surface area contributed by atoms with Crippen molar-refractivity contribution in [1.29, 1.82) is 0 Å². The van der Waals surface area contributed by atoms with Gasteiger partial charge in [0.15, 0.2) is 0 Å². The number of esters is 1.